The molecular formula is C22H12ClN5O5. The topological polar surface area (TPSA) is 148 Å². The molecular weight excluding hydrogens is 450 g/mol. The van der Waals surface area contributed by atoms with Crippen LogP contribution in [0.3, 0.4) is 0 Å². The second-order valence-corrected chi connectivity index (χ2v) is 7.16. The van der Waals surface area contributed by atoms with E-state index in [-0.39, 0.29) is 17.1 Å². The summed E-state index contributed by atoms with van der Waals surface area (Å²) in [5.41, 5.74) is 0.938. The summed E-state index contributed by atoms with van der Waals surface area (Å²) >= 11 is 6.12. The van der Waals surface area contributed by atoms with E-state index in [0.29, 0.717) is 21.9 Å². The van der Waals surface area contributed by atoms with E-state index in [1.807, 2.05) is 18.2 Å². The number of nitrogens with one attached hydrogen (secondary N) is 1. The van der Waals surface area contributed by atoms with E-state index in [1.54, 1.807) is 6.07 Å². The molecule has 162 valence electrons. The van der Waals surface area contributed by atoms with E-state index >= 15 is 0 Å². The summed E-state index contributed by atoms with van der Waals surface area (Å²) in [6, 6.07) is 16.9. The van der Waals surface area contributed by atoms with Gasteiger partial charge in [0.15, 0.2) is 0 Å². The van der Waals surface area contributed by atoms with Gasteiger partial charge in [-0.05, 0) is 42.5 Å². The highest BCUT2D eigenvalue weighted by Gasteiger charge is 2.22. The lowest BCUT2D eigenvalue weighted by Gasteiger charge is -2.10. The number of nitriles is 1. The number of benzene rings is 3. The first-order valence-corrected chi connectivity index (χ1v) is 9.70. The highest BCUT2D eigenvalue weighted by atomic mass is 35.5. The first-order valence-electron chi connectivity index (χ1n) is 9.33. The Morgan fingerprint density at radius 1 is 1.06 bits per heavy atom. The van der Waals surface area contributed by atoms with Crippen molar-refractivity contribution in [3.05, 3.63) is 97.3 Å². The third kappa shape index (κ3) is 4.48. The molecule has 1 N–H and O–H groups in total. The fourth-order valence-corrected chi connectivity index (χ4v) is 3.26. The minimum absolute atomic E-state index is 0.153. The number of aromatic amines is 1. The van der Waals surface area contributed by atoms with E-state index < -0.39 is 21.2 Å². The summed E-state index contributed by atoms with van der Waals surface area (Å²) in [5, 5.41) is 32.5. The Kier molecular flexibility index (Phi) is 5.71. The second-order valence-electron chi connectivity index (χ2n) is 6.72. The number of aromatic nitrogens is 2. The Labute approximate surface area is 190 Å². The van der Waals surface area contributed by atoms with Crippen molar-refractivity contribution in [2.45, 2.75) is 0 Å². The van der Waals surface area contributed by atoms with Crippen LogP contribution in [0.4, 0.5) is 11.4 Å². The van der Waals surface area contributed by atoms with Gasteiger partial charge >= 0.3 is 5.69 Å². The van der Waals surface area contributed by atoms with E-state index in [0.717, 1.165) is 23.7 Å². The molecule has 4 rings (SSSR count). The van der Waals surface area contributed by atoms with Gasteiger partial charge in [0.05, 0.1) is 32.5 Å². The predicted octanol–water partition coefficient (Wildman–Crippen LogP) is 5.89. The predicted molar refractivity (Wildman–Crippen MR) is 121 cm³/mol. The number of imidazole rings is 1. The van der Waals surface area contributed by atoms with E-state index in [4.69, 9.17) is 16.3 Å². The highest BCUT2D eigenvalue weighted by Crippen LogP contribution is 2.37. The summed E-state index contributed by atoms with van der Waals surface area (Å²) in [4.78, 5) is 28.4. The van der Waals surface area contributed by atoms with Gasteiger partial charge in [-0.15, -0.1) is 0 Å². The minimum Gasteiger partial charge on any atom is -0.449 e. The van der Waals surface area contributed by atoms with Gasteiger partial charge in [0.1, 0.15) is 17.6 Å². The number of nitrogens with zero attached hydrogens (tertiary/aromatic N) is 4. The van der Waals surface area contributed by atoms with Crippen LogP contribution >= 0.6 is 11.6 Å². The Morgan fingerprint density at radius 3 is 2.52 bits per heavy atom. The fraction of sp³-hybridized carbons (Fsp3) is 0. The molecule has 1 heterocycles. The molecule has 10 nitrogen and oxygen atoms in total. The number of non-ortho nitro benzene ring substituents is 1. The monoisotopic (exact) mass is 461 g/mol. The molecule has 0 saturated heterocycles. The minimum atomic E-state index is -0.775. The molecule has 0 spiro atoms. The quantitative estimate of drug-likeness (QED) is 0.214. The van der Waals surface area contributed by atoms with Gasteiger partial charge in [0.25, 0.3) is 5.69 Å². The maximum Gasteiger partial charge on any atom is 0.318 e. The SMILES string of the molecule is N#C/C(=C\c1cc(Cl)ccc1Oc1ccc([N+](=O)[O-])cc1[N+](=O)[O-])c1nc2ccccc2[nH]1. The number of nitro benzene ring substituents is 2. The molecule has 0 saturated carbocycles. The Bertz CT molecular complexity index is 1460. The van der Waals surface area contributed by atoms with Crippen LogP contribution in [0, 0.1) is 31.6 Å². The van der Waals surface area contributed by atoms with Crippen LogP contribution < -0.4 is 4.74 Å². The summed E-state index contributed by atoms with van der Waals surface area (Å²) in [6.45, 7) is 0. The zero-order chi connectivity index (χ0) is 23.5. The van der Waals surface area contributed by atoms with E-state index in [2.05, 4.69) is 16.0 Å². The molecule has 0 aliphatic rings. The van der Waals surface area contributed by atoms with Crippen molar-refractivity contribution in [2.75, 3.05) is 0 Å². The number of hydrogen-bond acceptors (Lipinski definition) is 7. The average Bonchev–Trinajstić information content (AvgIpc) is 3.23. The summed E-state index contributed by atoms with van der Waals surface area (Å²) in [7, 11) is 0. The molecule has 11 heteroatoms. The molecule has 0 amide bonds. The smallest absolute Gasteiger partial charge is 0.318 e. The average molecular weight is 462 g/mol. The van der Waals surface area contributed by atoms with Crippen molar-refractivity contribution in [3.8, 4) is 17.6 Å². The van der Waals surface area contributed by atoms with Crippen LogP contribution in [0.25, 0.3) is 22.7 Å². The molecule has 0 aliphatic heterocycles. The number of halogens is 1. The lowest BCUT2D eigenvalue weighted by atomic mass is 10.1. The molecule has 4 aromatic rings. The highest BCUT2D eigenvalue weighted by molar-refractivity contribution is 6.30. The lowest BCUT2D eigenvalue weighted by molar-refractivity contribution is -0.394. The number of allylic oxidation sites excluding steroid dienone is 1. The zero-order valence-electron chi connectivity index (χ0n) is 16.6. The molecule has 33 heavy (non-hydrogen) atoms. The molecule has 0 aliphatic carbocycles. The maximum atomic E-state index is 11.4. The number of H-pyrrole nitrogens is 1. The molecule has 0 fully saturated rings. The molecule has 0 radical (unpaired) electrons. The number of nitro groups is 2. The normalized spacial score (nSPS) is 11.2. The van der Waals surface area contributed by atoms with Gasteiger partial charge in [-0.1, -0.05) is 23.7 Å². The van der Waals surface area contributed by atoms with Crippen molar-refractivity contribution < 1.29 is 14.6 Å². The molecule has 0 unspecified atom stereocenters. The molecule has 0 atom stereocenters. The van der Waals surface area contributed by atoms with E-state index in [1.165, 1.54) is 24.3 Å². The van der Waals surface area contributed by atoms with Crippen molar-refractivity contribution in [1.82, 2.24) is 9.97 Å². The standard InChI is InChI=1S/C22H12ClN5O5/c23-15-5-7-20(33-21-8-6-16(27(29)30)11-19(21)28(31)32)13(10-15)9-14(12-24)22-25-17-3-1-2-4-18(17)26-22/h1-11H,(H,25,26)/b14-9+. The number of fused-ring (bicyclic) bond motifs is 1. The summed E-state index contributed by atoms with van der Waals surface area (Å²) < 4.78 is 5.72. The number of ether oxygens (including phenoxy) is 1. The first kappa shape index (κ1) is 21.5. The van der Waals surface area contributed by atoms with Crippen LogP contribution in [-0.4, -0.2) is 19.8 Å². The summed E-state index contributed by atoms with van der Waals surface area (Å²) in [5.74, 6) is 0.274. The lowest BCUT2D eigenvalue weighted by Crippen LogP contribution is -1.97. The maximum absolute atomic E-state index is 11.4. The van der Waals surface area contributed by atoms with Crippen LogP contribution in [0.5, 0.6) is 11.5 Å². The Morgan fingerprint density at radius 2 is 1.82 bits per heavy atom. The van der Waals surface area contributed by atoms with E-state index in [9.17, 15) is 25.5 Å². The first-order chi connectivity index (χ1) is 15.9. The van der Waals surface area contributed by atoms with Crippen molar-refractivity contribution in [1.29, 1.82) is 5.26 Å². The van der Waals surface area contributed by atoms with Crippen molar-refractivity contribution in [2.24, 2.45) is 0 Å². The van der Waals surface area contributed by atoms with Crippen LogP contribution in [-0.2, 0) is 0 Å². The second kappa shape index (κ2) is 8.78. The van der Waals surface area contributed by atoms with Gasteiger partial charge in [0, 0.05) is 16.7 Å². The third-order valence-corrected chi connectivity index (χ3v) is 4.84. The van der Waals surface area contributed by atoms with Gasteiger partial charge < -0.3 is 9.72 Å². The number of rotatable bonds is 6. The van der Waals surface area contributed by atoms with Crippen molar-refractivity contribution in [3.63, 3.8) is 0 Å². The Balaban J connectivity index is 1.78. The summed E-state index contributed by atoms with van der Waals surface area (Å²) in [6.07, 6.45) is 1.48. The Hall–Kier alpha value is -4.75. The number of para-hydroxylation sites is 2. The molecule has 3 aromatic carbocycles. The fourth-order valence-electron chi connectivity index (χ4n) is 3.08. The third-order valence-electron chi connectivity index (χ3n) is 4.61. The zero-order valence-corrected chi connectivity index (χ0v) is 17.3. The van der Waals surface area contributed by atoms with Crippen LogP contribution in [0.15, 0.2) is 60.7 Å². The molecule has 0 bridgehead atoms. The van der Waals surface area contributed by atoms with Gasteiger partial charge in [0.2, 0.25) is 5.75 Å². The number of hydrogen-bond donors (Lipinski definition) is 1. The van der Waals surface area contributed by atoms with Crippen molar-refractivity contribution >= 4 is 45.7 Å². The van der Waals surface area contributed by atoms with Gasteiger partial charge in [-0.3, -0.25) is 20.2 Å². The largest absolute Gasteiger partial charge is 0.449 e. The van der Waals surface area contributed by atoms with Crippen LogP contribution in [0.2, 0.25) is 5.02 Å². The molecule has 1 aromatic heterocycles. The van der Waals surface area contributed by atoms with Crippen LogP contribution in [0.1, 0.15) is 11.4 Å². The van der Waals surface area contributed by atoms with Gasteiger partial charge in [-0.2, -0.15) is 5.26 Å². The van der Waals surface area contributed by atoms with Gasteiger partial charge in [-0.25, -0.2) is 4.98 Å².